The van der Waals surface area contributed by atoms with Crippen LogP contribution in [-0.2, 0) is 6.42 Å². The summed E-state index contributed by atoms with van der Waals surface area (Å²) in [7, 11) is 1.63. The highest BCUT2D eigenvalue weighted by atomic mass is 16.5. The van der Waals surface area contributed by atoms with Crippen LogP contribution in [0.25, 0.3) is 0 Å². The Balaban J connectivity index is 2.35. The van der Waals surface area contributed by atoms with E-state index in [2.05, 4.69) is 33.8 Å². The Morgan fingerprint density at radius 3 is 2.35 bits per heavy atom. The van der Waals surface area contributed by atoms with E-state index >= 15 is 0 Å². The van der Waals surface area contributed by atoms with E-state index in [0.29, 0.717) is 12.3 Å². The molecule has 0 amide bonds. The van der Waals surface area contributed by atoms with Gasteiger partial charge < -0.3 is 4.74 Å². The van der Waals surface area contributed by atoms with Gasteiger partial charge in [0.05, 0.1) is 7.11 Å². The predicted octanol–water partition coefficient (Wildman–Crippen LogP) is 5.17. The molecule has 0 saturated carbocycles. The second kappa shape index (κ2) is 7.45. The van der Waals surface area contributed by atoms with E-state index in [1.807, 2.05) is 36.4 Å². The number of rotatable bonds is 6. The smallest absolute Gasteiger partial charge is 0.167 e. The van der Waals surface area contributed by atoms with Crippen LogP contribution in [0, 0.1) is 6.07 Å². The van der Waals surface area contributed by atoms with Crippen LogP contribution in [0.2, 0.25) is 0 Å². The average molecular weight is 309 g/mol. The molecular weight excluding hydrogens is 284 g/mol. The topological polar surface area (TPSA) is 26.3 Å². The summed E-state index contributed by atoms with van der Waals surface area (Å²) in [4.78, 5) is 12.8. The van der Waals surface area contributed by atoms with Gasteiger partial charge in [0.2, 0.25) is 0 Å². The summed E-state index contributed by atoms with van der Waals surface area (Å²) < 4.78 is 5.35. The minimum absolute atomic E-state index is 0.116. The molecule has 0 bridgehead atoms. The number of hydrogen-bond acceptors (Lipinski definition) is 2. The van der Waals surface area contributed by atoms with Crippen molar-refractivity contribution in [1.82, 2.24) is 0 Å². The molecule has 121 valence electrons. The van der Waals surface area contributed by atoms with Crippen LogP contribution in [0.3, 0.4) is 0 Å². The quantitative estimate of drug-likeness (QED) is 0.688. The van der Waals surface area contributed by atoms with Crippen LogP contribution in [0.4, 0.5) is 0 Å². The van der Waals surface area contributed by atoms with Gasteiger partial charge in [0, 0.05) is 17.5 Å². The van der Waals surface area contributed by atoms with Crippen molar-refractivity contribution < 1.29 is 9.53 Å². The van der Waals surface area contributed by atoms with Gasteiger partial charge in [-0.1, -0.05) is 58.0 Å². The van der Waals surface area contributed by atoms with E-state index in [1.165, 1.54) is 0 Å². The molecule has 2 rings (SSSR count). The number of benzene rings is 2. The summed E-state index contributed by atoms with van der Waals surface area (Å²) in [6, 6.07) is 15.1. The zero-order chi connectivity index (χ0) is 17.0. The van der Waals surface area contributed by atoms with Gasteiger partial charge in [-0.2, -0.15) is 0 Å². The monoisotopic (exact) mass is 309 g/mol. The third-order valence-electron chi connectivity index (χ3n) is 4.04. The molecule has 23 heavy (non-hydrogen) atoms. The first kappa shape index (κ1) is 17.3. The van der Waals surface area contributed by atoms with Gasteiger partial charge in [-0.15, -0.1) is 0 Å². The third kappa shape index (κ3) is 4.01. The minimum Gasteiger partial charge on any atom is -0.496 e. The number of methoxy groups -OCH3 is 1. The van der Waals surface area contributed by atoms with E-state index in [-0.39, 0.29) is 11.7 Å². The highest BCUT2D eigenvalue weighted by Gasteiger charge is 2.17. The van der Waals surface area contributed by atoms with Gasteiger partial charge in [0.25, 0.3) is 0 Å². The first-order valence-electron chi connectivity index (χ1n) is 8.15. The average Bonchev–Trinajstić information content (AvgIpc) is 2.54. The molecule has 0 aliphatic rings. The van der Waals surface area contributed by atoms with Crippen LogP contribution in [0.1, 0.15) is 66.6 Å². The van der Waals surface area contributed by atoms with E-state index in [4.69, 9.17) is 4.74 Å². The molecular formula is C21H25O2. The van der Waals surface area contributed by atoms with Crippen molar-refractivity contribution in [3.05, 3.63) is 64.7 Å². The standard InChI is InChI=1S/C21H25O2/c1-14(2)16-10-11-18(19(12-16)15(3)4)20(22)13-17-8-6-7-9-21(17)23-5/h6-11,14-15H,13H2,1-5H3. The van der Waals surface area contributed by atoms with Gasteiger partial charge in [-0.25, -0.2) is 0 Å². The molecule has 2 heteroatoms. The van der Waals surface area contributed by atoms with E-state index < -0.39 is 0 Å². The Morgan fingerprint density at radius 2 is 1.74 bits per heavy atom. The second-order valence-corrected chi connectivity index (χ2v) is 6.46. The maximum Gasteiger partial charge on any atom is 0.167 e. The van der Waals surface area contributed by atoms with Crippen LogP contribution in [-0.4, -0.2) is 12.9 Å². The zero-order valence-corrected chi connectivity index (χ0v) is 14.6. The maximum absolute atomic E-state index is 12.8. The number of hydrogen-bond donors (Lipinski definition) is 0. The van der Waals surface area contributed by atoms with Crippen molar-refractivity contribution in [3.63, 3.8) is 0 Å². The fourth-order valence-corrected chi connectivity index (χ4v) is 2.68. The van der Waals surface area contributed by atoms with Gasteiger partial charge in [0.1, 0.15) is 5.75 Å². The molecule has 0 aliphatic carbocycles. The molecule has 0 fully saturated rings. The molecule has 0 aliphatic heterocycles. The Labute approximate surface area is 139 Å². The normalized spacial score (nSPS) is 11.1. The summed E-state index contributed by atoms with van der Waals surface area (Å²) in [6.45, 7) is 8.50. The molecule has 0 saturated heterocycles. The van der Waals surface area contributed by atoms with Crippen molar-refractivity contribution in [2.24, 2.45) is 0 Å². The van der Waals surface area contributed by atoms with E-state index in [1.54, 1.807) is 7.11 Å². The lowest BCUT2D eigenvalue weighted by molar-refractivity contribution is 0.0991. The number of ketones is 1. The Kier molecular flexibility index (Phi) is 5.59. The van der Waals surface area contributed by atoms with Crippen molar-refractivity contribution in [2.75, 3.05) is 7.11 Å². The Hall–Kier alpha value is -2.09. The number of ether oxygens (including phenoxy) is 1. The Morgan fingerprint density at radius 1 is 1.04 bits per heavy atom. The van der Waals surface area contributed by atoms with Crippen molar-refractivity contribution in [2.45, 2.75) is 46.0 Å². The molecule has 0 aromatic heterocycles. The number of carbonyl (C=O) groups is 1. The fourth-order valence-electron chi connectivity index (χ4n) is 2.68. The van der Waals surface area contributed by atoms with Crippen molar-refractivity contribution in [3.8, 4) is 5.75 Å². The largest absolute Gasteiger partial charge is 0.496 e. The molecule has 0 spiro atoms. The molecule has 2 nitrogen and oxygen atoms in total. The fraction of sp³-hybridized carbons (Fsp3) is 0.381. The third-order valence-corrected chi connectivity index (χ3v) is 4.04. The first-order valence-corrected chi connectivity index (χ1v) is 8.15. The van der Waals surface area contributed by atoms with Crippen LogP contribution >= 0.6 is 0 Å². The minimum atomic E-state index is 0.116. The molecule has 1 radical (unpaired) electrons. The zero-order valence-electron chi connectivity index (χ0n) is 14.6. The van der Waals surface area contributed by atoms with Crippen LogP contribution < -0.4 is 4.74 Å². The molecule has 0 atom stereocenters. The van der Waals surface area contributed by atoms with Gasteiger partial charge >= 0.3 is 0 Å². The highest BCUT2D eigenvalue weighted by molar-refractivity contribution is 5.99. The van der Waals surface area contributed by atoms with Crippen molar-refractivity contribution in [1.29, 1.82) is 0 Å². The lowest BCUT2D eigenvalue weighted by Gasteiger charge is -2.15. The lowest BCUT2D eigenvalue weighted by atomic mass is 9.88. The number of carbonyl (C=O) groups excluding carboxylic acids is 1. The molecule has 0 heterocycles. The predicted molar refractivity (Wildman–Crippen MR) is 94.5 cm³/mol. The summed E-state index contributed by atoms with van der Waals surface area (Å²) in [6.07, 6.45) is 0.346. The van der Waals surface area contributed by atoms with Gasteiger partial charge in [-0.3, -0.25) is 4.79 Å². The van der Waals surface area contributed by atoms with Crippen molar-refractivity contribution >= 4 is 5.78 Å². The van der Waals surface area contributed by atoms with Crippen LogP contribution in [0.15, 0.2) is 36.4 Å². The summed E-state index contributed by atoms with van der Waals surface area (Å²) in [5.41, 5.74) is 3.86. The van der Waals surface area contributed by atoms with E-state index in [9.17, 15) is 4.79 Å². The first-order chi connectivity index (χ1) is 10.9. The maximum atomic E-state index is 12.8. The lowest BCUT2D eigenvalue weighted by Crippen LogP contribution is -2.10. The Bertz CT molecular complexity index is 684. The summed E-state index contributed by atoms with van der Waals surface area (Å²) in [5.74, 6) is 1.55. The number of para-hydroxylation sites is 1. The molecule has 2 aromatic carbocycles. The summed E-state index contributed by atoms with van der Waals surface area (Å²) >= 11 is 0. The highest BCUT2D eigenvalue weighted by Crippen LogP contribution is 2.26. The van der Waals surface area contributed by atoms with E-state index in [0.717, 1.165) is 28.0 Å². The summed E-state index contributed by atoms with van der Waals surface area (Å²) in [5, 5.41) is 0. The second-order valence-electron chi connectivity index (χ2n) is 6.46. The molecule has 2 aromatic rings. The van der Waals surface area contributed by atoms with Crippen LogP contribution in [0.5, 0.6) is 5.75 Å². The molecule has 0 unspecified atom stereocenters. The SMILES string of the molecule is COc1ccccc1CC(=O)c1ccc(C(C)C)[c]c1C(C)C. The number of Topliss-reactive ketones (excluding diaryl/α,β-unsaturated/α-hetero) is 1. The van der Waals surface area contributed by atoms with Gasteiger partial charge in [-0.05, 0) is 35.1 Å². The van der Waals surface area contributed by atoms with Gasteiger partial charge in [0.15, 0.2) is 5.78 Å². The molecule has 0 N–H and O–H groups in total.